The number of anilines is 1. The van der Waals surface area contributed by atoms with E-state index >= 15 is 0 Å². The van der Waals surface area contributed by atoms with Gasteiger partial charge >= 0.3 is 0 Å². The molecule has 2 aromatic rings. The zero-order chi connectivity index (χ0) is 15.1. The van der Waals surface area contributed by atoms with Crippen molar-refractivity contribution in [3.8, 4) is 0 Å². The molecular weight excluding hydrogens is 262 g/mol. The highest BCUT2D eigenvalue weighted by atomic mass is 15.3. The number of benzene rings is 1. The van der Waals surface area contributed by atoms with Crippen molar-refractivity contribution in [1.82, 2.24) is 14.8 Å². The highest BCUT2D eigenvalue weighted by molar-refractivity contribution is 5.48. The Morgan fingerprint density at radius 2 is 2.19 bits per heavy atom. The van der Waals surface area contributed by atoms with Crippen molar-refractivity contribution in [3.63, 3.8) is 0 Å². The van der Waals surface area contributed by atoms with Crippen LogP contribution >= 0.6 is 0 Å². The van der Waals surface area contributed by atoms with E-state index in [-0.39, 0.29) is 0 Å². The van der Waals surface area contributed by atoms with E-state index in [0.717, 1.165) is 38.3 Å². The molecule has 21 heavy (non-hydrogen) atoms. The van der Waals surface area contributed by atoms with E-state index in [2.05, 4.69) is 53.1 Å². The molecule has 114 valence electrons. The van der Waals surface area contributed by atoms with Crippen molar-refractivity contribution in [2.24, 2.45) is 5.73 Å². The van der Waals surface area contributed by atoms with Gasteiger partial charge in [0, 0.05) is 18.8 Å². The van der Waals surface area contributed by atoms with Crippen LogP contribution in [0, 0.1) is 6.92 Å². The van der Waals surface area contributed by atoms with Crippen molar-refractivity contribution < 1.29 is 0 Å². The summed E-state index contributed by atoms with van der Waals surface area (Å²) in [6, 6.07) is 8.56. The SMILES string of the molecule is CCCn1ncnc1CN(CCCN)c1cccc(C)c1. The van der Waals surface area contributed by atoms with Crippen LogP contribution in [-0.2, 0) is 13.1 Å². The van der Waals surface area contributed by atoms with Gasteiger partial charge in [-0.3, -0.25) is 0 Å². The fourth-order valence-corrected chi connectivity index (χ4v) is 2.39. The lowest BCUT2D eigenvalue weighted by molar-refractivity contribution is 0.559. The Labute approximate surface area is 126 Å². The highest BCUT2D eigenvalue weighted by Crippen LogP contribution is 2.18. The average molecular weight is 287 g/mol. The molecule has 1 aromatic carbocycles. The third kappa shape index (κ3) is 4.29. The van der Waals surface area contributed by atoms with Gasteiger partial charge in [0.2, 0.25) is 0 Å². The molecule has 0 aliphatic rings. The number of aromatic nitrogens is 3. The summed E-state index contributed by atoms with van der Waals surface area (Å²) in [5.74, 6) is 1.01. The van der Waals surface area contributed by atoms with Crippen molar-refractivity contribution >= 4 is 5.69 Å². The molecule has 0 bridgehead atoms. The predicted molar refractivity (Wildman–Crippen MR) is 86.2 cm³/mol. The summed E-state index contributed by atoms with van der Waals surface area (Å²) >= 11 is 0. The van der Waals surface area contributed by atoms with Gasteiger partial charge in [-0.05, 0) is 44.0 Å². The Bertz CT molecular complexity index is 549. The van der Waals surface area contributed by atoms with E-state index in [1.165, 1.54) is 11.3 Å². The van der Waals surface area contributed by atoms with Gasteiger partial charge in [-0.15, -0.1) is 0 Å². The van der Waals surface area contributed by atoms with Gasteiger partial charge in [-0.1, -0.05) is 19.1 Å². The zero-order valence-corrected chi connectivity index (χ0v) is 13.0. The van der Waals surface area contributed by atoms with Gasteiger partial charge < -0.3 is 10.6 Å². The molecule has 0 aliphatic carbocycles. The smallest absolute Gasteiger partial charge is 0.146 e. The van der Waals surface area contributed by atoms with Gasteiger partial charge in [-0.2, -0.15) is 5.10 Å². The lowest BCUT2D eigenvalue weighted by atomic mass is 10.2. The van der Waals surface area contributed by atoms with Gasteiger partial charge in [0.25, 0.3) is 0 Å². The van der Waals surface area contributed by atoms with Crippen molar-refractivity contribution in [1.29, 1.82) is 0 Å². The van der Waals surface area contributed by atoms with E-state index in [4.69, 9.17) is 5.73 Å². The molecule has 5 nitrogen and oxygen atoms in total. The molecule has 0 spiro atoms. The third-order valence-corrected chi connectivity index (χ3v) is 3.46. The molecule has 1 aromatic heterocycles. The van der Waals surface area contributed by atoms with Gasteiger partial charge in [0.1, 0.15) is 12.2 Å². The number of nitrogens with zero attached hydrogens (tertiary/aromatic N) is 4. The first kappa shape index (κ1) is 15.5. The van der Waals surface area contributed by atoms with E-state index in [1.54, 1.807) is 6.33 Å². The predicted octanol–water partition coefficient (Wildman–Crippen LogP) is 2.35. The molecule has 0 radical (unpaired) electrons. The van der Waals surface area contributed by atoms with E-state index in [9.17, 15) is 0 Å². The summed E-state index contributed by atoms with van der Waals surface area (Å²) in [5.41, 5.74) is 8.16. The molecule has 0 atom stereocenters. The minimum Gasteiger partial charge on any atom is -0.364 e. The molecule has 0 aliphatic heterocycles. The first-order chi connectivity index (χ1) is 10.2. The minimum absolute atomic E-state index is 0.698. The molecule has 0 unspecified atom stereocenters. The van der Waals surface area contributed by atoms with Crippen LogP contribution in [0.3, 0.4) is 0 Å². The fraction of sp³-hybridized carbons (Fsp3) is 0.500. The summed E-state index contributed by atoms with van der Waals surface area (Å²) in [5, 5.41) is 4.30. The number of nitrogens with two attached hydrogens (primary N) is 1. The van der Waals surface area contributed by atoms with Gasteiger partial charge in [0.15, 0.2) is 0 Å². The van der Waals surface area contributed by atoms with Crippen LogP contribution < -0.4 is 10.6 Å². The monoisotopic (exact) mass is 287 g/mol. The summed E-state index contributed by atoms with van der Waals surface area (Å²) < 4.78 is 1.99. The summed E-state index contributed by atoms with van der Waals surface area (Å²) in [6.45, 7) is 7.57. The standard InChI is InChI=1S/C16H25N5/c1-3-9-21-16(18-13-19-21)12-20(10-5-8-17)15-7-4-6-14(2)11-15/h4,6-7,11,13H,3,5,8-10,12,17H2,1-2H3. The van der Waals surface area contributed by atoms with Crippen LogP contribution in [0.2, 0.25) is 0 Å². The molecular formula is C16H25N5. The van der Waals surface area contributed by atoms with E-state index in [1.807, 2.05) is 4.68 Å². The Morgan fingerprint density at radius 1 is 1.33 bits per heavy atom. The van der Waals surface area contributed by atoms with Crippen LogP contribution in [0.15, 0.2) is 30.6 Å². The van der Waals surface area contributed by atoms with Crippen LogP contribution in [0.1, 0.15) is 31.2 Å². The van der Waals surface area contributed by atoms with Crippen LogP contribution in [-0.4, -0.2) is 27.9 Å². The third-order valence-electron chi connectivity index (χ3n) is 3.46. The minimum atomic E-state index is 0.698. The molecule has 2 rings (SSSR count). The maximum Gasteiger partial charge on any atom is 0.146 e. The fourth-order valence-electron chi connectivity index (χ4n) is 2.39. The topological polar surface area (TPSA) is 60.0 Å². The quantitative estimate of drug-likeness (QED) is 0.809. The average Bonchev–Trinajstić information content (AvgIpc) is 2.91. The normalized spacial score (nSPS) is 10.8. The second kappa shape index (κ2) is 7.78. The maximum absolute atomic E-state index is 5.68. The molecule has 2 N–H and O–H groups in total. The zero-order valence-electron chi connectivity index (χ0n) is 13.0. The van der Waals surface area contributed by atoms with Crippen molar-refractivity contribution in [2.75, 3.05) is 18.0 Å². The summed E-state index contributed by atoms with van der Waals surface area (Å²) in [7, 11) is 0. The maximum atomic E-state index is 5.68. The molecule has 0 amide bonds. The summed E-state index contributed by atoms with van der Waals surface area (Å²) in [4.78, 5) is 6.74. The largest absolute Gasteiger partial charge is 0.364 e. The van der Waals surface area contributed by atoms with E-state index < -0.39 is 0 Å². The molecule has 1 heterocycles. The molecule has 0 saturated heterocycles. The van der Waals surface area contributed by atoms with Crippen molar-refractivity contribution in [2.45, 2.75) is 39.8 Å². The van der Waals surface area contributed by atoms with E-state index in [0.29, 0.717) is 6.54 Å². The Morgan fingerprint density at radius 3 is 2.90 bits per heavy atom. The highest BCUT2D eigenvalue weighted by Gasteiger charge is 2.11. The van der Waals surface area contributed by atoms with Crippen LogP contribution in [0.25, 0.3) is 0 Å². The Hall–Kier alpha value is -1.88. The number of aryl methyl sites for hydroxylation is 2. The van der Waals surface area contributed by atoms with Crippen molar-refractivity contribution in [3.05, 3.63) is 42.0 Å². The number of rotatable bonds is 8. The molecule has 0 saturated carbocycles. The molecule has 0 fully saturated rings. The van der Waals surface area contributed by atoms with Crippen LogP contribution in [0.5, 0.6) is 0 Å². The lowest BCUT2D eigenvalue weighted by Gasteiger charge is -2.24. The van der Waals surface area contributed by atoms with Gasteiger partial charge in [0.05, 0.1) is 6.54 Å². The molecule has 5 heteroatoms. The number of hydrogen-bond donors (Lipinski definition) is 1. The van der Waals surface area contributed by atoms with Gasteiger partial charge in [-0.25, -0.2) is 9.67 Å². The Kier molecular flexibility index (Phi) is 5.75. The second-order valence-electron chi connectivity index (χ2n) is 5.30. The first-order valence-corrected chi connectivity index (χ1v) is 7.63. The summed E-state index contributed by atoms with van der Waals surface area (Å²) in [6.07, 6.45) is 3.67. The Balaban J connectivity index is 2.17. The first-order valence-electron chi connectivity index (χ1n) is 7.63. The second-order valence-corrected chi connectivity index (χ2v) is 5.30. The lowest BCUT2D eigenvalue weighted by Crippen LogP contribution is -2.27. The number of hydrogen-bond acceptors (Lipinski definition) is 4. The van der Waals surface area contributed by atoms with Crippen LogP contribution in [0.4, 0.5) is 5.69 Å².